The molecule has 3 heterocycles. The van der Waals surface area contributed by atoms with E-state index in [-0.39, 0.29) is 24.0 Å². The van der Waals surface area contributed by atoms with Crippen LogP contribution in [-0.4, -0.2) is 72.9 Å². The van der Waals surface area contributed by atoms with Crippen LogP contribution >= 0.6 is 0 Å². The smallest absolute Gasteiger partial charge is 0.258 e. The first kappa shape index (κ1) is 17.6. The molecular formula is C20H28N2O4. The van der Waals surface area contributed by atoms with E-state index in [2.05, 4.69) is 11.8 Å². The lowest BCUT2D eigenvalue weighted by atomic mass is 9.68. The minimum Gasteiger partial charge on any atom is -0.486 e. The van der Waals surface area contributed by atoms with E-state index < -0.39 is 0 Å². The van der Waals surface area contributed by atoms with Crippen LogP contribution in [0.2, 0.25) is 0 Å². The molecule has 26 heavy (non-hydrogen) atoms. The van der Waals surface area contributed by atoms with Gasteiger partial charge in [0.2, 0.25) is 0 Å². The van der Waals surface area contributed by atoms with E-state index >= 15 is 0 Å². The molecule has 1 N–H and O–H groups in total. The number of fused-ring (bicyclic) bond motifs is 2. The van der Waals surface area contributed by atoms with E-state index in [0.717, 1.165) is 45.4 Å². The quantitative estimate of drug-likeness (QED) is 0.890. The molecule has 3 aliphatic rings. The largest absolute Gasteiger partial charge is 0.486 e. The highest BCUT2D eigenvalue weighted by Gasteiger charge is 2.49. The Morgan fingerprint density at radius 2 is 2.12 bits per heavy atom. The number of ether oxygens (including phenoxy) is 2. The molecule has 2 saturated heterocycles. The van der Waals surface area contributed by atoms with Crippen LogP contribution in [0.3, 0.4) is 0 Å². The van der Waals surface area contributed by atoms with Crippen molar-refractivity contribution in [2.24, 2.45) is 5.41 Å². The zero-order valence-corrected chi connectivity index (χ0v) is 15.4. The van der Waals surface area contributed by atoms with Gasteiger partial charge in [0, 0.05) is 18.5 Å². The number of carbonyl (C=O) groups excluding carboxylic acids is 1. The fourth-order valence-corrected chi connectivity index (χ4v) is 4.75. The number of piperidine rings is 2. The first-order valence-corrected chi connectivity index (χ1v) is 9.71. The van der Waals surface area contributed by atoms with Crippen molar-refractivity contribution in [3.8, 4) is 11.5 Å². The standard InChI is InChI=1S/C20H28N2O4/c1-2-21-10-8-20(14-23)7-4-9-22(17(20)13-21)19(24)15-5-3-6-16-18(15)26-12-11-25-16/h3,5-6,17,23H,2,4,7-14H2,1H3/t17-,20-/m1/s1. The van der Waals surface area contributed by atoms with Gasteiger partial charge in [-0.3, -0.25) is 4.79 Å². The predicted octanol–water partition coefficient (Wildman–Crippen LogP) is 1.77. The van der Waals surface area contributed by atoms with Gasteiger partial charge >= 0.3 is 0 Å². The minimum absolute atomic E-state index is 0.00664. The molecule has 0 unspecified atom stereocenters. The van der Waals surface area contributed by atoms with Crippen LogP contribution in [-0.2, 0) is 0 Å². The molecule has 1 amide bonds. The Morgan fingerprint density at radius 1 is 1.27 bits per heavy atom. The summed E-state index contributed by atoms with van der Waals surface area (Å²) in [4.78, 5) is 17.8. The number of aliphatic hydroxyl groups excluding tert-OH is 1. The normalized spacial score (nSPS) is 28.5. The van der Waals surface area contributed by atoms with Gasteiger partial charge in [-0.1, -0.05) is 13.0 Å². The van der Waals surface area contributed by atoms with E-state index in [1.54, 1.807) is 0 Å². The Bertz CT molecular complexity index is 680. The first-order chi connectivity index (χ1) is 12.7. The maximum absolute atomic E-state index is 13.5. The number of hydrogen-bond donors (Lipinski definition) is 1. The molecule has 2 fully saturated rings. The molecule has 3 aliphatic heterocycles. The molecule has 0 spiro atoms. The Kier molecular flexibility index (Phi) is 4.80. The van der Waals surface area contributed by atoms with Crippen molar-refractivity contribution in [3.63, 3.8) is 0 Å². The van der Waals surface area contributed by atoms with Gasteiger partial charge in [0.05, 0.1) is 18.2 Å². The highest BCUT2D eigenvalue weighted by atomic mass is 16.6. The molecule has 0 aliphatic carbocycles. The molecular weight excluding hydrogens is 332 g/mol. The summed E-state index contributed by atoms with van der Waals surface area (Å²) in [7, 11) is 0. The van der Waals surface area contributed by atoms with Crippen LogP contribution in [0.1, 0.15) is 36.5 Å². The van der Waals surface area contributed by atoms with Crippen molar-refractivity contribution in [1.29, 1.82) is 0 Å². The number of likely N-dealkylation sites (tertiary alicyclic amines) is 2. The zero-order chi connectivity index (χ0) is 18.1. The van der Waals surface area contributed by atoms with Crippen LogP contribution in [0.15, 0.2) is 18.2 Å². The second kappa shape index (κ2) is 7.08. The summed E-state index contributed by atoms with van der Waals surface area (Å²) < 4.78 is 11.4. The highest BCUT2D eigenvalue weighted by molar-refractivity contribution is 5.98. The number of nitrogens with zero attached hydrogens (tertiary/aromatic N) is 2. The molecule has 0 radical (unpaired) electrons. The van der Waals surface area contributed by atoms with Crippen LogP contribution in [0.25, 0.3) is 0 Å². The van der Waals surface area contributed by atoms with Gasteiger partial charge in [-0.2, -0.15) is 0 Å². The molecule has 1 aromatic carbocycles. The number of para-hydroxylation sites is 1. The number of benzene rings is 1. The number of likely N-dealkylation sites (N-methyl/N-ethyl adjacent to an activating group) is 1. The first-order valence-electron chi connectivity index (χ1n) is 9.71. The van der Waals surface area contributed by atoms with Crippen molar-refractivity contribution in [2.45, 2.75) is 32.2 Å². The second-order valence-corrected chi connectivity index (χ2v) is 7.61. The number of amides is 1. The van der Waals surface area contributed by atoms with Gasteiger partial charge in [0.25, 0.3) is 5.91 Å². The van der Waals surface area contributed by atoms with Crippen molar-refractivity contribution in [1.82, 2.24) is 9.80 Å². The fraction of sp³-hybridized carbons (Fsp3) is 0.650. The molecule has 4 rings (SSSR count). The number of aliphatic hydroxyl groups is 1. The third-order valence-electron chi connectivity index (χ3n) is 6.33. The lowest BCUT2D eigenvalue weighted by molar-refractivity contribution is -0.0629. The van der Waals surface area contributed by atoms with E-state index in [4.69, 9.17) is 9.47 Å². The summed E-state index contributed by atoms with van der Waals surface area (Å²) >= 11 is 0. The monoisotopic (exact) mass is 360 g/mol. The number of carbonyl (C=O) groups is 1. The molecule has 1 aromatic rings. The summed E-state index contributed by atoms with van der Waals surface area (Å²) in [5, 5.41) is 10.2. The van der Waals surface area contributed by atoms with Gasteiger partial charge in [0.15, 0.2) is 11.5 Å². The molecule has 6 heteroatoms. The Balaban J connectivity index is 1.66. The third kappa shape index (κ3) is 2.85. The zero-order valence-electron chi connectivity index (χ0n) is 15.4. The van der Waals surface area contributed by atoms with Crippen molar-refractivity contribution < 1.29 is 19.4 Å². The summed E-state index contributed by atoms with van der Waals surface area (Å²) in [6.07, 6.45) is 2.86. The maximum atomic E-state index is 13.5. The van der Waals surface area contributed by atoms with E-state index in [0.29, 0.717) is 30.3 Å². The van der Waals surface area contributed by atoms with Gasteiger partial charge in [-0.25, -0.2) is 0 Å². The Labute approximate surface area is 154 Å². The van der Waals surface area contributed by atoms with E-state index in [1.807, 2.05) is 23.1 Å². The molecule has 0 aromatic heterocycles. The van der Waals surface area contributed by atoms with Crippen molar-refractivity contribution in [3.05, 3.63) is 23.8 Å². The van der Waals surface area contributed by atoms with Crippen LogP contribution in [0, 0.1) is 5.41 Å². The summed E-state index contributed by atoms with van der Waals surface area (Å²) in [5.74, 6) is 1.20. The van der Waals surface area contributed by atoms with Crippen molar-refractivity contribution in [2.75, 3.05) is 46.0 Å². The van der Waals surface area contributed by atoms with Gasteiger partial charge in [-0.05, 0) is 44.5 Å². The summed E-state index contributed by atoms with van der Waals surface area (Å²) in [5.41, 5.74) is 0.399. The molecule has 2 atom stereocenters. The van der Waals surface area contributed by atoms with E-state index in [1.165, 1.54) is 0 Å². The Hall–Kier alpha value is -1.79. The summed E-state index contributed by atoms with van der Waals surface area (Å²) in [6.45, 7) is 6.79. The predicted molar refractivity (Wildman–Crippen MR) is 97.7 cm³/mol. The molecule has 0 bridgehead atoms. The fourth-order valence-electron chi connectivity index (χ4n) is 4.75. The molecule has 6 nitrogen and oxygen atoms in total. The van der Waals surface area contributed by atoms with Crippen molar-refractivity contribution >= 4 is 5.91 Å². The topological polar surface area (TPSA) is 62.2 Å². The van der Waals surface area contributed by atoms with Crippen LogP contribution < -0.4 is 9.47 Å². The number of rotatable bonds is 3. The lowest BCUT2D eigenvalue weighted by Gasteiger charge is -2.54. The molecule has 142 valence electrons. The Morgan fingerprint density at radius 3 is 2.92 bits per heavy atom. The van der Waals surface area contributed by atoms with Crippen LogP contribution in [0.5, 0.6) is 11.5 Å². The lowest BCUT2D eigenvalue weighted by Crippen LogP contribution is -2.63. The average Bonchev–Trinajstić information content (AvgIpc) is 2.71. The SMILES string of the molecule is CCN1CC[C@@]2(CO)CCCN(C(=O)c3cccc4c3OCCO4)[C@@H]2C1. The third-order valence-corrected chi connectivity index (χ3v) is 6.33. The highest BCUT2D eigenvalue weighted by Crippen LogP contribution is 2.43. The maximum Gasteiger partial charge on any atom is 0.258 e. The number of hydrogen-bond acceptors (Lipinski definition) is 5. The van der Waals surface area contributed by atoms with Crippen LogP contribution in [0.4, 0.5) is 0 Å². The van der Waals surface area contributed by atoms with Gasteiger partial charge in [-0.15, -0.1) is 0 Å². The van der Waals surface area contributed by atoms with E-state index in [9.17, 15) is 9.90 Å². The minimum atomic E-state index is -0.175. The van der Waals surface area contributed by atoms with Gasteiger partial charge < -0.3 is 24.4 Å². The average molecular weight is 360 g/mol. The van der Waals surface area contributed by atoms with Gasteiger partial charge in [0.1, 0.15) is 13.2 Å². The summed E-state index contributed by atoms with van der Waals surface area (Å²) in [6, 6.07) is 5.57. The molecule has 0 saturated carbocycles. The second-order valence-electron chi connectivity index (χ2n) is 7.61.